The lowest BCUT2D eigenvalue weighted by Gasteiger charge is -2.38. The largest absolute Gasteiger partial charge is 0.384 e. The molecule has 0 radical (unpaired) electrons. The van der Waals surface area contributed by atoms with Crippen LogP contribution in [0.1, 0.15) is 18.4 Å². The zero-order valence-electron chi connectivity index (χ0n) is 12.4. The van der Waals surface area contributed by atoms with E-state index in [2.05, 4.69) is 17.4 Å². The molecule has 20 heavy (non-hydrogen) atoms. The predicted molar refractivity (Wildman–Crippen MR) is 79.3 cm³/mol. The molecule has 4 nitrogen and oxygen atoms in total. The van der Waals surface area contributed by atoms with E-state index in [0.717, 1.165) is 31.5 Å². The molecule has 0 atom stereocenters. The van der Waals surface area contributed by atoms with E-state index >= 15 is 0 Å². The number of carbonyl (C=O) groups excluding carboxylic acids is 1. The molecule has 1 heterocycles. The summed E-state index contributed by atoms with van der Waals surface area (Å²) in [7, 11) is 3.56. The Morgan fingerprint density at radius 3 is 2.55 bits per heavy atom. The van der Waals surface area contributed by atoms with Gasteiger partial charge in [-0.2, -0.15) is 0 Å². The summed E-state index contributed by atoms with van der Waals surface area (Å²) >= 11 is 0. The number of carbonyl (C=O) groups is 1. The van der Waals surface area contributed by atoms with Crippen molar-refractivity contribution in [2.45, 2.75) is 19.4 Å². The van der Waals surface area contributed by atoms with Crippen molar-refractivity contribution in [3.63, 3.8) is 0 Å². The van der Waals surface area contributed by atoms with E-state index < -0.39 is 0 Å². The Hall–Kier alpha value is -1.39. The number of nitrogens with one attached hydrogen (secondary N) is 1. The lowest BCUT2D eigenvalue weighted by atomic mass is 9.78. The fourth-order valence-corrected chi connectivity index (χ4v) is 2.94. The molecule has 1 amide bonds. The van der Waals surface area contributed by atoms with Crippen LogP contribution in [0.2, 0.25) is 0 Å². The Kier molecular flexibility index (Phi) is 5.15. The minimum Gasteiger partial charge on any atom is -0.384 e. The monoisotopic (exact) mass is 276 g/mol. The van der Waals surface area contributed by atoms with Gasteiger partial charge in [0.1, 0.15) is 0 Å². The van der Waals surface area contributed by atoms with Gasteiger partial charge >= 0.3 is 0 Å². The van der Waals surface area contributed by atoms with Crippen LogP contribution in [-0.2, 0) is 16.1 Å². The molecule has 0 spiro atoms. The quantitative estimate of drug-likeness (QED) is 0.889. The average molecular weight is 276 g/mol. The van der Waals surface area contributed by atoms with Gasteiger partial charge in [-0.3, -0.25) is 4.79 Å². The molecule has 4 heteroatoms. The number of methoxy groups -OCH3 is 1. The third-order valence-electron chi connectivity index (χ3n) is 4.04. The Balaban J connectivity index is 2.06. The van der Waals surface area contributed by atoms with Crippen molar-refractivity contribution >= 4 is 5.91 Å². The van der Waals surface area contributed by atoms with Gasteiger partial charge in [-0.25, -0.2) is 0 Å². The van der Waals surface area contributed by atoms with E-state index in [1.165, 1.54) is 0 Å². The zero-order valence-corrected chi connectivity index (χ0v) is 12.4. The summed E-state index contributed by atoms with van der Waals surface area (Å²) < 4.78 is 5.33. The van der Waals surface area contributed by atoms with Gasteiger partial charge < -0.3 is 15.0 Å². The standard InChI is InChI=1S/C16H24N2O2/c1-18(12-14-6-4-3-5-7-14)15(19)16(13-20-2)8-10-17-11-9-16/h3-7,17H,8-13H2,1-2H3. The Labute approximate surface area is 121 Å². The summed E-state index contributed by atoms with van der Waals surface area (Å²) in [6.07, 6.45) is 1.69. The lowest BCUT2D eigenvalue weighted by molar-refractivity contribution is -0.146. The number of nitrogens with zero attached hydrogens (tertiary/aromatic N) is 1. The number of rotatable bonds is 5. The van der Waals surface area contributed by atoms with E-state index in [0.29, 0.717) is 13.2 Å². The molecule has 0 bridgehead atoms. The van der Waals surface area contributed by atoms with Crippen LogP contribution in [0.15, 0.2) is 30.3 Å². The number of benzene rings is 1. The first-order chi connectivity index (χ1) is 9.68. The predicted octanol–water partition coefficient (Wildman–Crippen LogP) is 1.66. The van der Waals surface area contributed by atoms with Gasteiger partial charge in [-0.1, -0.05) is 30.3 Å². The zero-order chi connectivity index (χ0) is 14.4. The molecule has 0 aromatic heterocycles. The maximum atomic E-state index is 12.8. The van der Waals surface area contributed by atoms with Crippen LogP contribution in [0.25, 0.3) is 0 Å². The minimum atomic E-state index is -0.358. The smallest absolute Gasteiger partial charge is 0.231 e. The highest BCUT2D eigenvalue weighted by Gasteiger charge is 2.41. The van der Waals surface area contributed by atoms with Crippen molar-refractivity contribution in [2.75, 3.05) is 33.9 Å². The molecule has 0 unspecified atom stereocenters. The summed E-state index contributed by atoms with van der Waals surface area (Å²) in [6.45, 7) is 2.92. The van der Waals surface area contributed by atoms with E-state index in [-0.39, 0.29) is 11.3 Å². The van der Waals surface area contributed by atoms with Gasteiger partial charge in [0.2, 0.25) is 5.91 Å². The number of ether oxygens (including phenoxy) is 1. The SMILES string of the molecule is COCC1(C(=O)N(C)Cc2ccccc2)CCNCC1. The first kappa shape index (κ1) is 15.0. The first-order valence-electron chi connectivity index (χ1n) is 7.17. The second-order valence-electron chi connectivity index (χ2n) is 5.61. The van der Waals surface area contributed by atoms with Crippen LogP contribution < -0.4 is 5.32 Å². The molecule has 1 saturated heterocycles. The molecule has 0 saturated carbocycles. The van der Waals surface area contributed by atoms with Crippen LogP contribution in [0.5, 0.6) is 0 Å². The third-order valence-corrected chi connectivity index (χ3v) is 4.04. The highest BCUT2D eigenvalue weighted by atomic mass is 16.5. The Morgan fingerprint density at radius 2 is 1.95 bits per heavy atom. The van der Waals surface area contributed by atoms with Crippen LogP contribution in [-0.4, -0.2) is 44.7 Å². The fraction of sp³-hybridized carbons (Fsp3) is 0.562. The van der Waals surface area contributed by atoms with Crippen molar-refractivity contribution < 1.29 is 9.53 Å². The molecule has 0 aliphatic carbocycles. The molecule has 1 fully saturated rings. The summed E-state index contributed by atoms with van der Waals surface area (Å²) in [6, 6.07) is 10.1. The van der Waals surface area contributed by atoms with Gasteiger partial charge in [-0.05, 0) is 31.5 Å². The summed E-state index contributed by atoms with van der Waals surface area (Å²) in [4.78, 5) is 14.7. The maximum absolute atomic E-state index is 12.8. The van der Waals surface area contributed by atoms with E-state index in [1.807, 2.05) is 30.1 Å². The molecule has 1 aliphatic heterocycles. The van der Waals surface area contributed by atoms with Crippen LogP contribution in [0, 0.1) is 5.41 Å². The fourth-order valence-electron chi connectivity index (χ4n) is 2.94. The van der Waals surface area contributed by atoms with E-state index in [1.54, 1.807) is 7.11 Å². The number of hydrogen-bond donors (Lipinski definition) is 1. The van der Waals surface area contributed by atoms with Crippen molar-refractivity contribution in [3.8, 4) is 0 Å². The molecular weight excluding hydrogens is 252 g/mol. The van der Waals surface area contributed by atoms with E-state index in [4.69, 9.17) is 4.74 Å². The van der Waals surface area contributed by atoms with Crippen molar-refractivity contribution in [1.82, 2.24) is 10.2 Å². The van der Waals surface area contributed by atoms with Gasteiger partial charge in [-0.15, -0.1) is 0 Å². The number of piperidine rings is 1. The molecule has 1 N–H and O–H groups in total. The second-order valence-corrected chi connectivity index (χ2v) is 5.61. The Bertz CT molecular complexity index is 422. The molecule has 1 aromatic carbocycles. The van der Waals surface area contributed by atoms with Gasteiger partial charge in [0.25, 0.3) is 0 Å². The number of hydrogen-bond acceptors (Lipinski definition) is 3. The normalized spacial score (nSPS) is 17.7. The summed E-state index contributed by atoms with van der Waals surface area (Å²) in [5.74, 6) is 0.199. The topological polar surface area (TPSA) is 41.6 Å². The highest BCUT2D eigenvalue weighted by molar-refractivity contribution is 5.82. The second kappa shape index (κ2) is 6.86. The van der Waals surface area contributed by atoms with Crippen LogP contribution >= 0.6 is 0 Å². The van der Waals surface area contributed by atoms with Crippen LogP contribution in [0.3, 0.4) is 0 Å². The van der Waals surface area contributed by atoms with Crippen molar-refractivity contribution in [2.24, 2.45) is 5.41 Å². The van der Waals surface area contributed by atoms with Crippen LogP contribution in [0.4, 0.5) is 0 Å². The maximum Gasteiger partial charge on any atom is 0.231 e. The number of amides is 1. The van der Waals surface area contributed by atoms with Gasteiger partial charge in [0.15, 0.2) is 0 Å². The summed E-state index contributed by atoms with van der Waals surface area (Å²) in [5.41, 5.74) is 0.800. The third kappa shape index (κ3) is 3.38. The van der Waals surface area contributed by atoms with E-state index in [9.17, 15) is 4.79 Å². The molecule has 1 aromatic rings. The first-order valence-corrected chi connectivity index (χ1v) is 7.17. The molecule has 110 valence electrons. The van der Waals surface area contributed by atoms with Crippen molar-refractivity contribution in [3.05, 3.63) is 35.9 Å². The van der Waals surface area contributed by atoms with Crippen molar-refractivity contribution in [1.29, 1.82) is 0 Å². The minimum absolute atomic E-state index is 0.199. The highest BCUT2D eigenvalue weighted by Crippen LogP contribution is 2.31. The summed E-state index contributed by atoms with van der Waals surface area (Å²) in [5, 5.41) is 3.32. The Morgan fingerprint density at radius 1 is 1.30 bits per heavy atom. The van der Waals surface area contributed by atoms with Gasteiger partial charge in [0, 0.05) is 20.7 Å². The molecular formula is C16H24N2O2. The van der Waals surface area contributed by atoms with Gasteiger partial charge in [0.05, 0.1) is 12.0 Å². The molecule has 2 rings (SSSR count). The molecule has 1 aliphatic rings. The lowest BCUT2D eigenvalue weighted by Crippen LogP contribution is -2.50. The average Bonchev–Trinajstić information content (AvgIpc) is 2.48.